The highest BCUT2D eigenvalue weighted by Crippen LogP contribution is 2.36. The fraction of sp³-hybridized carbons (Fsp3) is 0.667. The van der Waals surface area contributed by atoms with Crippen molar-refractivity contribution in [3.63, 3.8) is 0 Å². The monoisotopic (exact) mass is 221 g/mol. The lowest BCUT2D eigenvalue weighted by atomic mass is 9.84. The molecular weight excluding hydrogens is 201 g/mol. The SMILES string of the molecule is Cc1cc(B2OC(C)(C)C(C)(C)O2)n(C)c1. The van der Waals surface area contributed by atoms with Crippen LogP contribution in [0.4, 0.5) is 0 Å². The van der Waals surface area contributed by atoms with E-state index in [-0.39, 0.29) is 18.3 Å². The summed E-state index contributed by atoms with van der Waals surface area (Å²) in [7, 11) is 1.76. The van der Waals surface area contributed by atoms with E-state index in [1.807, 2.05) is 7.05 Å². The zero-order valence-electron chi connectivity index (χ0n) is 11.0. The molecule has 0 unspecified atom stereocenters. The summed E-state index contributed by atoms with van der Waals surface area (Å²) in [6.07, 6.45) is 2.08. The summed E-state index contributed by atoms with van der Waals surface area (Å²) < 4.78 is 14.1. The summed E-state index contributed by atoms with van der Waals surface area (Å²) >= 11 is 0. The van der Waals surface area contributed by atoms with Gasteiger partial charge in [-0.15, -0.1) is 0 Å². The molecule has 0 aliphatic carbocycles. The Kier molecular flexibility index (Phi) is 2.48. The van der Waals surface area contributed by atoms with Crippen LogP contribution in [0.15, 0.2) is 12.3 Å². The molecule has 0 radical (unpaired) electrons. The van der Waals surface area contributed by atoms with Crippen LogP contribution in [0.3, 0.4) is 0 Å². The Morgan fingerprint density at radius 1 is 1.12 bits per heavy atom. The standard InChI is InChI=1S/C12H20BNO2/c1-9-7-10(14(6)8-9)13-15-11(2,3)12(4,5)16-13/h7-8H,1-6H3. The van der Waals surface area contributed by atoms with Crippen molar-refractivity contribution in [3.8, 4) is 0 Å². The van der Waals surface area contributed by atoms with Gasteiger partial charge in [-0.1, -0.05) is 0 Å². The van der Waals surface area contributed by atoms with Crippen molar-refractivity contribution in [3.05, 3.63) is 17.8 Å². The second-order valence-corrected chi connectivity index (χ2v) is 5.64. The molecule has 0 N–H and O–H groups in total. The minimum Gasteiger partial charge on any atom is -0.398 e. The molecule has 4 heteroatoms. The third-order valence-electron chi connectivity index (χ3n) is 3.67. The van der Waals surface area contributed by atoms with Gasteiger partial charge in [0.15, 0.2) is 0 Å². The first-order chi connectivity index (χ1) is 7.23. The Morgan fingerprint density at radius 3 is 2.00 bits per heavy atom. The molecular formula is C12H20BNO2. The highest BCUT2D eigenvalue weighted by Gasteiger charge is 2.52. The van der Waals surface area contributed by atoms with Gasteiger partial charge < -0.3 is 13.9 Å². The molecule has 1 aromatic rings. The van der Waals surface area contributed by atoms with E-state index in [0.29, 0.717) is 0 Å². The minimum absolute atomic E-state index is 0.260. The van der Waals surface area contributed by atoms with E-state index in [2.05, 4.69) is 51.4 Å². The van der Waals surface area contributed by atoms with Crippen LogP contribution >= 0.6 is 0 Å². The van der Waals surface area contributed by atoms with Gasteiger partial charge in [0.2, 0.25) is 0 Å². The van der Waals surface area contributed by atoms with Crippen molar-refractivity contribution >= 4 is 12.7 Å². The lowest BCUT2D eigenvalue weighted by molar-refractivity contribution is 0.00578. The first-order valence-corrected chi connectivity index (χ1v) is 5.71. The van der Waals surface area contributed by atoms with Gasteiger partial charge in [-0.25, -0.2) is 0 Å². The van der Waals surface area contributed by atoms with Crippen molar-refractivity contribution in [2.75, 3.05) is 0 Å². The number of aryl methyl sites for hydroxylation is 2. The van der Waals surface area contributed by atoms with Gasteiger partial charge in [0, 0.05) is 18.8 Å². The molecule has 1 saturated heterocycles. The average molecular weight is 221 g/mol. The van der Waals surface area contributed by atoms with Gasteiger partial charge >= 0.3 is 7.12 Å². The highest BCUT2D eigenvalue weighted by atomic mass is 16.7. The fourth-order valence-corrected chi connectivity index (χ4v) is 1.95. The first kappa shape index (κ1) is 11.7. The van der Waals surface area contributed by atoms with Crippen LogP contribution in [0.25, 0.3) is 0 Å². The summed E-state index contributed by atoms with van der Waals surface area (Å²) in [5.74, 6) is 0. The maximum Gasteiger partial charge on any atom is 0.512 e. The highest BCUT2D eigenvalue weighted by molar-refractivity contribution is 6.61. The number of nitrogens with zero attached hydrogens (tertiary/aromatic N) is 1. The quantitative estimate of drug-likeness (QED) is 0.673. The van der Waals surface area contributed by atoms with E-state index in [4.69, 9.17) is 9.31 Å². The molecule has 0 spiro atoms. The van der Waals surface area contributed by atoms with Crippen LogP contribution in [0.1, 0.15) is 33.3 Å². The van der Waals surface area contributed by atoms with Crippen molar-refractivity contribution in [1.29, 1.82) is 0 Å². The lowest BCUT2D eigenvalue weighted by Crippen LogP contribution is -2.41. The molecule has 2 heterocycles. The minimum atomic E-state index is -0.268. The Bertz CT molecular complexity index is 393. The number of hydrogen-bond acceptors (Lipinski definition) is 2. The smallest absolute Gasteiger partial charge is 0.398 e. The lowest BCUT2D eigenvalue weighted by Gasteiger charge is -2.32. The summed E-state index contributed by atoms with van der Waals surface area (Å²) in [5, 5.41) is 0. The fourth-order valence-electron chi connectivity index (χ4n) is 1.95. The van der Waals surface area contributed by atoms with Crippen LogP contribution in [0, 0.1) is 6.92 Å². The summed E-state index contributed by atoms with van der Waals surface area (Å²) in [6, 6.07) is 2.11. The van der Waals surface area contributed by atoms with Crippen LogP contribution < -0.4 is 5.59 Å². The summed E-state index contributed by atoms with van der Waals surface area (Å²) in [5.41, 5.74) is 1.77. The van der Waals surface area contributed by atoms with E-state index in [1.165, 1.54) is 5.56 Å². The number of hydrogen-bond donors (Lipinski definition) is 0. The normalized spacial score (nSPS) is 22.8. The van der Waals surface area contributed by atoms with E-state index < -0.39 is 0 Å². The molecule has 1 aliphatic rings. The van der Waals surface area contributed by atoms with Crippen molar-refractivity contribution in [2.24, 2.45) is 7.05 Å². The molecule has 16 heavy (non-hydrogen) atoms. The molecule has 2 rings (SSSR count). The van der Waals surface area contributed by atoms with E-state index in [1.54, 1.807) is 0 Å². The van der Waals surface area contributed by atoms with Gasteiger partial charge in [0.05, 0.1) is 11.2 Å². The van der Waals surface area contributed by atoms with Gasteiger partial charge in [-0.3, -0.25) is 0 Å². The van der Waals surface area contributed by atoms with Gasteiger partial charge in [0.25, 0.3) is 0 Å². The Balaban J connectivity index is 2.30. The predicted octanol–water partition coefficient (Wildman–Crippen LogP) is 1.63. The van der Waals surface area contributed by atoms with Crippen LogP contribution in [0.2, 0.25) is 0 Å². The van der Waals surface area contributed by atoms with Crippen LogP contribution in [-0.4, -0.2) is 22.9 Å². The topological polar surface area (TPSA) is 23.4 Å². The van der Waals surface area contributed by atoms with Gasteiger partial charge in [0.1, 0.15) is 0 Å². The molecule has 0 aromatic carbocycles. The molecule has 1 fully saturated rings. The van der Waals surface area contributed by atoms with Crippen LogP contribution in [0.5, 0.6) is 0 Å². The predicted molar refractivity (Wildman–Crippen MR) is 65.9 cm³/mol. The second kappa shape index (κ2) is 3.38. The Morgan fingerprint density at radius 2 is 1.62 bits per heavy atom. The Labute approximate surface area is 97.9 Å². The summed E-state index contributed by atoms with van der Waals surface area (Å²) in [6.45, 7) is 10.4. The second-order valence-electron chi connectivity index (χ2n) is 5.64. The zero-order valence-corrected chi connectivity index (χ0v) is 11.0. The number of aromatic nitrogens is 1. The van der Waals surface area contributed by atoms with Crippen LogP contribution in [-0.2, 0) is 16.4 Å². The summed E-state index contributed by atoms with van der Waals surface area (Å²) in [4.78, 5) is 0. The molecule has 3 nitrogen and oxygen atoms in total. The van der Waals surface area contributed by atoms with E-state index in [9.17, 15) is 0 Å². The largest absolute Gasteiger partial charge is 0.512 e. The first-order valence-electron chi connectivity index (χ1n) is 5.71. The molecule has 1 aliphatic heterocycles. The molecule has 0 bridgehead atoms. The molecule has 0 saturated carbocycles. The molecule has 0 atom stereocenters. The van der Waals surface area contributed by atoms with Crippen molar-refractivity contribution < 1.29 is 9.31 Å². The molecule has 0 amide bonds. The van der Waals surface area contributed by atoms with Gasteiger partial charge in [-0.05, 0) is 46.2 Å². The third-order valence-corrected chi connectivity index (χ3v) is 3.67. The molecule has 1 aromatic heterocycles. The Hall–Kier alpha value is -0.735. The maximum absolute atomic E-state index is 6.00. The number of rotatable bonds is 1. The average Bonchev–Trinajstić information content (AvgIpc) is 2.51. The van der Waals surface area contributed by atoms with Gasteiger partial charge in [-0.2, -0.15) is 0 Å². The van der Waals surface area contributed by atoms with E-state index >= 15 is 0 Å². The van der Waals surface area contributed by atoms with E-state index in [0.717, 1.165) is 5.59 Å². The van der Waals surface area contributed by atoms with Crippen molar-refractivity contribution in [1.82, 2.24) is 4.57 Å². The molecule has 88 valence electrons. The maximum atomic E-state index is 6.00. The zero-order chi connectivity index (χ0) is 12.1. The third kappa shape index (κ3) is 1.70. The van der Waals surface area contributed by atoms with Crippen molar-refractivity contribution in [2.45, 2.75) is 45.8 Å².